The molecular formula is C23H38N2O2. The average Bonchev–Trinajstić information content (AvgIpc) is 3.46. The van der Waals surface area contributed by atoms with E-state index in [1.807, 2.05) is 0 Å². The molecule has 1 aliphatic carbocycles. The molecule has 4 heteroatoms. The van der Waals surface area contributed by atoms with Gasteiger partial charge in [0.25, 0.3) is 0 Å². The summed E-state index contributed by atoms with van der Waals surface area (Å²) in [7, 11) is 0. The summed E-state index contributed by atoms with van der Waals surface area (Å²) in [5, 5.41) is 5.97. The second kappa shape index (κ2) is 16.3. The summed E-state index contributed by atoms with van der Waals surface area (Å²) in [6, 6.07) is 0.474. The van der Waals surface area contributed by atoms with E-state index in [1.165, 1.54) is 0 Å². The number of hydrogen-bond acceptors (Lipinski definition) is 2. The number of carbonyl (C=O) groups excluding carboxylic acids is 2. The van der Waals surface area contributed by atoms with Crippen molar-refractivity contribution in [1.82, 2.24) is 10.6 Å². The van der Waals surface area contributed by atoms with Gasteiger partial charge in [-0.2, -0.15) is 0 Å². The zero-order chi connectivity index (χ0) is 19.6. The van der Waals surface area contributed by atoms with E-state index in [9.17, 15) is 9.59 Å². The Morgan fingerprint density at radius 1 is 0.815 bits per heavy atom. The minimum atomic E-state index is 0.173. The van der Waals surface area contributed by atoms with E-state index in [-0.39, 0.29) is 11.8 Å². The number of hydrogen-bond donors (Lipinski definition) is 2. The molecule has 0 saturated heterocycles. The summed E-state index contributed by atoms with van der Waals surface area (Å²) in [4.78, 5) is 23.0. The fourth-order valence-corrected chi connectivity index (χ4v) is 2.60. The van der Waals surface area contributed by atoms with Crippen molar-refractivity contribution in [2.75, 3.05) is 6.54 Å². The lowest BCUT2D eigenvalue weighted by Gasteiger charge is -2.02. The highest BCUT2D eigenvalue weighted by atomic mass is 16.2. The van der Waals surface area contributed by atoms with Crippen LogP contribution in [0.4, 0.5) is 0 Å². The Balaban J connectivity index is 1.86. The first-order chi connectivity index (χ1) is 13.2. The Morgan fingerprint density at radius 2 is 1.44 bits per heavy atom. The van der Waals surface area contributed by atoms with Crippen molar-refractivity contribution in [3.63, 3.8) is 0 Å². The summed E-state index contributed by atoms with van der Waals surface area (Å²) in [5.41, 5.74) is 0. The van der Waals surface area contributed by atoms with Crippen LogP contribution in [0.2, 0.25) is 0 Å². The number of unbranched alkanes of at least 4 members (excludes halogenated alkanes) is 3. The summed E-state index contributed by atoms with van der Waals surface area (Å²) in [6.45, 7) is 2.87. The van der Waals surface area contributed by atoms with E-state index >= 15 is 0 Å². The van der Waals surface area contributed by atoms with Crippen LogP contribution in [0.1, 0.15) is 84.0 Å². The number of rotatable bonds is 16. The predicted molar refractivity (Wildman–Crippen MR) is 113 cm³/mol. The van der Waals surface area contributed by atoms with Gasteiger partial charge in [0.15, 0.2) is 0 Å². The number of amides is 2. The van der Waals surface area contributed by atoms with Gasteiger partial charge in [0.1, 0.15) is 0 Å². The predicted octanol–water partition coefficient (Wildman–Crippen LogP) is 4.97. The van der Waals surface area contributed by atoms with E-state index in [4.69, 9.17) is 0 Å². The molecule has 0 aliphatic heterocycles. The molecule has 0 bridgehead atoms. The first kappa shape index (κ1) is 23.2. The molecule has 0 heterocycles. The second-order valence-corrected chi connectivity index (χ2v) is 7.22. The van der Waals surface area contributed by atoms with Gasteiger partial charge in [-0.05, 0) is 51.4 Å². The van der Waals surface area contributed by atoms with E-state index in [0.717, 1.165) is 70.8 Å². The third kappa shape index (κ3) is 16.1. The maximum absolute atomic E-state index is 11.5. The first-order valence-corrected chi connectivity index (χ1v) is 10.7. The lowest BCUT2D eigenvalue weighted by Crippen LogP contribution is -2.24. The molecule has 0 aromatic rings. The Kier molecular flexibility index (Phi) is 14.0. The van der Waals surface area contributed by atoms with Gasteiger partial charge in [-0.15, -0.1) is 0 Å². The largest absolute Gasteiger partial charge is 0.356 e. The number of nitrogens with one attached hydrogen (secondary N) is 2. The zero-order valence-corrected chi connectivity index (χ0v) is 17.1. The average molecular weight is 375 g/mol. The van der Waals surface area contributed by atoms with Gasteiger partial charge in [0.2, 0.25) is 11.8 Å². The highest BCUT2D eigenvalue weighted by Crippen LogP contribution is 2.18. The SMILES string of the molecule is CCCCCC(=O)NCC/C=C\C/C=C\C/C=C\CCCC(=O)NC1CC1. The smallest absolute Gasteiger partial charge is 0.220 e. The molecule has 0 spiro atoms. The second-order valence-electron chi connectivity index (χ2n) is 7.22. The highest BCUT2D eigenvalue weighted by Gasteiger charge is 2.22. The van der Waals surface area contributed by atoms with Crippen LogP contribution in [-0.2, 0) is 9.59 Å². The molecule has 4 nitrogen and oxygen atoms in total. The third-order valence-corrected chi connectivity index (χ3v) is 4.40. The molecule has 27 heavy (non-hydrogen) atoms. The monoisotopic (exact) mass is 374 g/mol. The molecule has 0 aromatic carbocycles. The zero-order valence-electron chi connectivity index (χ0n) is 17.1. The van der Waals surface area contributed by atoms with E-state index in [2.05, 4.69) is 54.0 Å². The van der Waals surface area contributed by atoms with Crippen molar-refractivity contribution in [2.45, 2.75) is 90.0 Å². The minimum absolute atomic E-state index is 0.173. The Hall–Kier alpha value is -1.84. The maximum Gasteiger partial charge on any atom is 0.220 e. The lowest BCUT2D eigenvalue weighted by molar-refractivity contribution is -0.122. The van der Waals surface area contributed by atoms with Crippen LogP contribution in [0.15, 0.2) is 36.5 Å². The van der Waals surface area contributed by atoms with Crippen molar-refractivity contribution in [3.8, 4) is 0 Å². The van der Waals surface area contributed by atoms with Crippen LogP contribution in [0.25, 0.3) is 0 Å². The quantitative estimate of drug-likeness (QED) is 0.296. The Labute approximate surface area is 165 Å². The van der Waals surface area contributed by atoms with Crippen molar-refractivity contribution in [1.29, 1.82) is 0 Å². The van der Waals surface area contributed by atoms with Crippen LogP contribution in [0.3, 0.4) is 0 Å². The molecule has 2 N–H and O–H groups in total. The topological polar surface area (TPSA) is 58.2 Å². The van der Waals surface area contributed by atoms with E-state index < -0.39 is 0 Å². The lowest BCUT2D eigenvalue weighted by atomic mass is 10.2. The van der Waals surface area contributed by atoms with E-state index in [0.29, 0.717) is 18.9 Å². The van der Waals surface area contributed by atoms with Crippen molar-refractivity contribution in [3.05, 3.63) is 36.5 Å². The van der Waals surface area contributed by atoms with Crippen LogP contribution in [0.5, 0.6) is 0 Å². The molecule has 1 rings (SSSR count). The van der Waals surface area contributed by atoms with Gasteiger partial charge in [0.05, 0.1) is 0 Å². The molecule has 0 aromatic heterocycles. The highest BCUT2D eigenvalue weighted by molar-refractivity contribution is 5.76. The number of carbonyl (C=O) groups is 2. The van der Waals surface area contributed by atoms with Gasteiger partial charge >= 0.3 is 0 Å². The van der Waals surface area contributed by atoms with Crippen LogP contribution >= 0.6 is 0 Å². The van der Waals surface area contributed by atoms with Crippen LogP contribution in [0, 0.1) is 0 Å². The minimum Gasteiger partial charge on any atom is -0.356 e. The van der Waals surface area contributed by atoms with E-state index in [1.54, 1.807) is 0 Å². The number of allylic oxidation sites excluding steroid dienone is 5. The van der Waals surface area contributed by atoms with Crippen molar-refractivity contribution < 1.29 is 9.59 Å². The Bertz CT molecular complexity index is 491. The molecule has 2 amide bonds. The molecule has 1 aliphatic rings. The first-order valence-electron chi connectivity index (χ1n) is 10.7. The maximum atomic E-state index is 11.5. The third-order valence-electron chi connectivity index (χ3n) is 4.40. The molecule has 1 fully saturated rings. The summed E-state index contributed by atoms with van der Waals surface area (Å²) >= 11 is 0. The van der Waals surface area contributed by atoms with Gasteiger partial charge in [0, 0.05) is 25.4 Å². The van der Waals surface area contributed by atoms with Gasteiger partial charge in [-0.25, -0.2) is 0 Å². The van der Waals surface area contributed by atoms with Gasteiger partial charge < -0.3 is 10.6 Å². The molecule has 0 atom stereocenters. The summed E-state index contributed by atoms with van der Waals surface area (Å²) in [5.74, 6) is 0.376. The van der Waals surface area contributed by atoms with Gasteiger partial charge in [-0.3, -0.25) is 9.59 Å². The van der Waals surface area contributed by atoms with Crippen LogP contribution < -0.4 is 10.6 Å². The van der Waals surface area contributed by atoms with Crippen LogP contribution in [-0.4, -0.2) is 24.4 Å². The van der Waals surface area contributed by atoms with Gasteiger partial charge in [-0.1, -0.05) is 56.2 Å². The normalized spacial score (nSPS) is 14.4. The standard InChI is InChI=1S/C23H38N2O2/c1-2-3-13-16-22(26)24-20-15-12-10-8-6-4-5-7-9-11-14-17-23(27)25-21-18-19-21/h4,6-7,9-10,12,21H,2-3,5,8,11,13-20H2,1H3,(H,24,26)(H,25,27)/b6-4-,9-7-,12-10-. The van der Waals surface area contributed by atoms with Crippen molar-refractivity contribution in [2.24, 2.45) is 0 Å². The molecule has 152 valence electrons. The van der Waals surface area contributed by atoms with Crippen molar-refractivity contribution >= 4 is 11.8 Å². The molecule has 1 saturated carbocycles. The Morgan fingerprint density at radius 3 is 2.11 bits per heavy atom. The summed E-state index contributed by atoms with van der Waals surface area (Å²) < 4.78 is 0. The fraction of sp³-hybridized carbons (Fsp3) is 0.652. The summed E-state index contributed by atoms with van der Waals surface area (Å²) in [6.07, 6.45) is 24.4. The molecule has 0 radical (unpaired) electrons. The molecular weight excluding hydrogens is 336 g/mol. The fourth-order valence-electron chi connectivity index (χ4n) is 2.60. The molecule has 0 unspecified atom stereocenters.